The van der Waals surface area contributed by atoms with Gasteiger partial charge in [-0.15, -0.1) is 0 Å². The summed E-state index contributed by atoms with van der Waals surface area (Å²) in [6.45, 7) is -0.554. The molecule has 10 heteroatoms. The van der Waals surface area contributed by atoms with E-state index in [9.17, 15) is 19.2 Å². The van der Waals surface area contributed by atoms with Gasteiger partial charge in [-0.3, -0.25) is 29.6 Å². The molecule has 3 rings (SSSR count). The number of esters is 1. The summed E-state index contributed by atoms with van der Waals surface area (Å²) in [5, 5.41) is 3.66. The minimum atomic E-state index is -0.797. The normalized spacial score (nSPS) is 15.1. The number of carbonyl (C=O) groups is 4. The molecule has 1 aliphatic rings. The molecule has 2 aromatic carbocycles. The average Bonchev–Trinajstić information content (AvgIpc) is 3.18. The van der Waals surface area contributed by atoms with Crippen molar-refractivity contribution in [2.75, 3.05) is 32.7 Å². The summed E-state index contributed by atoms with van der Waals surface area (Å²) in [6.07, 6.45) is -0.134. The molecule has 32 heavy (non-hydrogen) atoms. The summed E-state index contributed by atoms with van der Waals surface area (Å²) < 4.78 is 15.2. The Kier molecular flexibility index (Phi) is 7.27. The third-order valence-corrected chi connectivity index (χ3v) is 4.77. The second-order valence-electron chi connectivity index (χ2n) is 6.93. The van der Waals surface area contributed by atoms with Crippen molar-refractivity contribution < 1.29 is 33.4 Å². The number of methoxy groups -OCH3 is 2. The molecule has 0 unspecified atom stereocenters. The summed E-state index contributed by atoms with van der Waals surface area (Å²) in [5.41, 5.74) is 3.25. The number of hydrogen-bond donors (Lipinski definition) is 2. The maximum absolute atomic E-state index is 12.5. The molecule has 0 saturated carbocycles. The highest BCUT2D eigenvalue weighted by Gasteiger charge is 2.37. The zero-order valence-corrected chi connectivity index (χ0v) is 17.6. The molecular formula is C22H23N3O7. The van der Waals surface area contributed by atoms with E-state index in [-0.39, 0.29) is 18.5 Å². The SMILES string of the molecule is COc1ccc(NC(=O)COC(=O)[C@H]2CC(=O)N(NC(=O)c3ccccc3OC)C2)cc1. The number of nitrogens with zero attached hydrogens (tertiary/aromatic N) is 1. The molecule has 10 nitrogen and oxygen atoms in total. The van der Waals surface area contributed by atoms with Gasteiger partial charge < -0.3 is 19.5 Å². The molecule has 1 saturated heterocycles. The monoisotopic (exact) mass is 441 g/mol. The van der Waals surface area contributed by atoms with Gasteiger partial charge in [0.1, 0.15) is 11.5 Å². The van der Waals surface area contributed by atoms with Gasteiger partial charge in [0.15, 0.2) is 6.61 Å². The van der Waals surface area contributed by atoms with Crippen molar-refractivity contribution in [3.05, 3.63) is 54.1 Å². The van der Waals surface area contributed by atoms with Crippen molar-refractivity contribution in [1.82, 2.24) is 10.4 Å². The number of para-hydroxylation sites is 1. The average molecular weight is 441 g/mol. The standard InChI is InChI=1S/C22H23N3O7/c1-30-16-9-7-15(8-10-16)23-19(26)13-32-22(29)14-11-20(27)25(12-14)24-21(28)17-5-3-4-6-18(17)31-2/h3-10,14H,11-13H2,1-2H3,(H,23,26)(H,24,28)/t14-/m0/s1. The number of anilines is 1. The van der Waals surface area contributed by atoms with Gasteiger partial charge in [0.2, 0.25) is 5.91 Å². The van der Waals surface area contributed by atoms with Gasteiger partial charge in [-0.1, -0.05) is 12.1 Å². The van der Waals surface area contributed by atoms with Crippen LogP contribution < -0.4 is 20.2 Å². The number of carbonyl (C=O) groups excluding carboxylic acids is 4. The van der Waals surface area contributed by atoms with Crippen LogP contribution in [0, 0.1) is 5.92 Å². The van der Waals surface area contributed by atoms with E-state index in [1.54, 1.807) is 48.5 Å². The van der Waals surface area contributed by atoms with Crippen LogP contribution in [0.1, 0.15) is 16.8 Å². The quantitative estimate of drug-likeness (QED) is 0.593. The van der Waals surface area contributed by atoms with Crippen LogP contribution >= 0.6 is 0 Å². The molecule has 2 N–H and O–H groups in total. The van der Waals surface area contributed by atoms with Gasteiger partial charge >= 0.3 is 5.97 Å². The first kappa shape index (κ1) is 22.6. The van der Waals surface area contributed by atoms with Crippen molar-refractivity contribution in [1.29, 1.82) is 0 Å². The lowest BCUT2D eigenvalue weighted by Gasteiger charge is -2.18. The number of rotatable bonds is 8. The fourth-order valence-corrected chi connectivity index (χ4v) is 3.11. The smallest absolute Gasteiger partial charge is 0.311 e. The first-order valence-corrected chi connectivity index (χ1v) is 9.76. The third kappa shape index (κ3) is 5.54. The minimum absolute atomic E-state index is 0.0569. The van der Waals surface area contributed by atoms with E-state index in [1.807, 2.05) is 0 Å². The van der Waals surface area contributed by atoms with E-state index in [1.165, 1.54) is 14.2 Å². The second kappa shape index (κ2) is 10.3. The molecule has 1 atom stereocenters. The molecule has 0 spiro atoms. The van der Waals surface area contributed by atoms with Crippen molar-refractivity contribution in [2.45, 2.75) is 6.42 Å². The Morgan fingerprint density at radius 3 is 2.44 bits per heavy atom. The van der Waals surface area contributed by atoms with E-state index in [0.717, 1.165) is 5.01 Å². The molecular weight excluding hydrogens is 418 g/mol. The van der Waals surface area contributed by atoms with Crippen LogP contribution in [0.4, 0.5) is 5.69 Å². The predicted molar refractivity (Wildman–Crippen MR) is 113 cm³/mol. The fourth-order valence-electron chi connectivity index (χ4n) is 3.11. The number of benzene rings is 2. The summed E-state index contributed by atoms with van der Waals surface area (Å²) in [7, 11) is 2.97. The fraction of sp³-hybridized carbons (Fsp3) is 0.273. The molecule has 1 fully saturated rings. The maximum Gasteiger partial charge on any atom is 0.311 e. The Bertz CT molecular complexity index is 1010. The molecule has 1 heterocycles. The summed E-state index contributed by atoms with van der Waals surface area (Å²) in [6, 6.07) is 13.2. The van der Waals surface area contributed by atoms with Gasteiger partial charge in [-0.2, -0.15) is 0 Å². The van der Waals surface area contributed by atoms with E-state index in [0.29, 0.717) is 17.2 Å². The van der Waals surface area contributed by atoms with Crippen LogP contribution in [0.5, 0.6) is 11.5 Å². The first-order valence-electron chi connectivity index (χ1n) is 9.76. The summed E-state index contributed by atoms with van der Waals surface area (Å²) in [4.78, 5) is 49.0. The zero-order valence-electron chi connectivity index (χ0n) is 17.6. The summed E-state index contributed by atoms with van der Waals surface area (Å²) >= 11 is 0. The van der Waals surface area contributed by atoms with Crippen LogP contribution in [0.15, 0.2) is 48.5 Å². The topological polar surface area (TPSA) is 123 Å². The van der Waals surface area contributed by atoms with Gasteiger partial charge in [0, 0.05) is 12.1 Å². The predicted octanol–water partition coefficient (Wildman–Crippen LogP) is 1.38. The Hall–Kier alpha value is -4.08. The van der Waals surface area contributed by atoms with Gasteiger partial charge in [0.05, 0.1) is 32.2 Å². The van der Waals surface area contributed by atoms with Gasteiger partial charge in [0.25, 0.3) is 11.8 Å². The highest BCUT2D eigenvalue weighted by molar-refractivity contribution is 5.98. The Labute approximate surface area is 184 Å². The van der Waals surface area contributed by atoms with E-state index in [2.05, 4.69) is 10.7 Å². The lowest BCUT2D eigenvalue weighted by atomic mass is 10.1. The Morgan fingerprint density at radius 2 is 1.75 bits per heavy atom. The highest BCUT2D eigenvalue weighted by Crippen LogP contribution is 2.21. The first-order chi connectivity index (χ1) is 15.4. The van der Waals surface area contributed by atoms with E-state index < -0.39 is 36.2 Å². The zero-order chi connectivity index (χ0) is 23.1. The highest BCUT2D eigenvalue weighted by atomic mass is 16.5. The Morgan fingerprint density at radius 1 is 1.03 bits per heavy atom. The second-order valence-corrected chi connectivity index (χ2v) is 6.93. The van der Waals surface area contributed by atoms with Crippen LogP contribution in [-0.2, 0) is 19.1 Å². The summed E-state index contributed by atoms with van der Waals surface area (Å²) in [5.74, 6) is -1.99. The molecule has 168 valence electrons. The lowest BCUT2D eigenvalue weighted by Crippen LogP contribution is -2.43. The molecule has 0 aliphatic carbocycles. The number of amides is 3. The van der Waals surface area contributed by atoms with Crippen molar-refractivity contribution in [3.8, 4) is 11.5 Å². The molecule has 1 aliphatic heterocycles. The number of hydrogen-bond acceptors (Lipinski definition) is 7. The van der Waals surface area contributed by atoms with Crippen LogP contribution in [0.2, 0.25) is 0 Å². The van der Waals surface area contributed by atoms with Crippen LogP contribution in [-0.4, -0.2) is 56.1 Å². The van der Waals surface area contributed by atoms with E-state index in [4.69, 9.17) is 14.2 Å². The Balaban J connectivity index is 1.48. The number of nitrogens with one attached hydrogen (secondary N) is 2. The van der Waals surface area contributed by atoms with Crippen LogP contribution in [0.25, 0.3) is 0 Å². The van der Waals surface area contributed by atoms with E-state index >= 15 is 0 Å². The number of ether oxygens (including phenoxy) is 3. The van der Waals surface area contributed by atoms with Gasteiger partial charge in [-0.25, -0.2) is 0 Å². The minimum Gasteiger partial charge on any atom is -0.497 e. The molecule has 0 bridgehead atoms. The molecule has 2 aromatic rings. The number of hydrazine groups is 1. The molecule has 3 amide bonds. The van der Waals surface area contributed by atoms with Crippen molar-refractivity contribution in [2.24, 2.45) is 5.92 Å². The molecule has 0 aromatic heterocycles. The molecule has 0 radical (unpaired) electrons. The van der Waals surface area contributed by atoms with Crippen LogP contribution in [0.3, 0.4) is 0 Å². The van der Waals surface area contributed by atoms with Gasteiger partial charge in [-0.05, 0) is 36.4 Å². The van der Waals surface area contributed by atoms with Crippen molar-refractivity contribution in [3.63, 3.8) is 0 Å². The third-order valence-electron chi connectivity index (χ3n) is 4.77. The lowest BCUT2D eigenvalue weighted by molar-refractivity contribution is -0.151. The maximum atomic E-state index is 12.5. The van der Waals surface area contributed by atoms with Crippen molar-refractivity contribution >= 4 is 29.4 Å². The largest absolute Gasteiger partial charge is 0.497 e.